The van der Waals surface area contributed by atoms with Gasteiger partial charge in [-0.3, -0.25) is 4.79 Å². The number of nitrogens with one attached hydrogen (secondary N) is 1. The zero-order valence-corrected chi connectivity index (χ0v) is 18.5. The van der Waals surface area contributed by atoms with E-state index in [1.54, 1.807) is 30.1 Å². The Morgan fingerprint density at radius 3 is 2.52 bits per heavy atom. The third kappa shape index (κ3) is 6.18. The Morgan fingerprint density at radius 1 is 1.13 bits per heavy atom. The van der Waals surface area contributed by atoms with E-state index in [2.05, 4.69) is 10.3 Å². The molecule has 8 heteroatoms. The van der Waals surface area contributed by atoms with E-state index >= 15 is 0 Å². The van der Waals surface area contributed by atoms with Gasteiger partial charge >= 0.3 is 0 Å². The number of aromatic nitrogens is 2. The van der Waals surface area contributed by atoms with Crippen molar-refractivity contribution in [3.63, 3.8) is 0 Å². The van der Waals surface area contributed by atoms with Gasteiger partial charge in [-0.15, -0.1) is 0 Å². The lowest BCUT2D eigenvalue weighted by Crippen LogP contribution is -2.36. The first kappa shape index (κ1) is 22.6. The molecule has 3 aromatic rings. The van der Waals surface area contributed by atoms with Crippen molar-refractivity contribution in [1.82, 2.24) is 14.9 Å². The number of aryl methyl sites for hydroxylation is 2. The fourth-order valence-corrected chi connectivity index (χ4v) is 4.67. The highest BCUT2D eigenvalue weighted by atomic mass is 32.2. The van der Waals surface area contributed by atoms with Crippen LogP contribution in [0.25, 0.3) is 0 Å². The van der Waals surface area contributed by atoms with Crippen molar-refractivity contribution in [1.29, 1.82) is 0 Å². The van der Waals surface area contributed by atoms with Crippen LogP contribution in [0.3, 0.4) is 0 Å². The number of imidazole rings is 1. The second-order valence-corrected chi connectivity index (χ2v) is 9.50. The number of nitrogens with zero attached hydrogens (tertiary/aromatic N) is 2. The minimum atomic E-state index is -3.54. The van der Waals surface area contributed by atoms with E-state index in [9.17, 15) is 13.2 Å². The van der Waals surface area contributed by atoms with Crippen molar-refractivity contribution < 1.29 is 17.9 Å². The van der Waals surface area contributed by atoms with E-state index in [0.717, 1.165) is 5.56 Å². The largest absolute Gasteiger partial charge is 0.496 e. The average molecular weight is 442 g/mol. The number of rotatable bonds is 10. The van der Waals surface area contributed by atoms with E-state index in [0.29, 0.717) is 30.0 Å². The molecule has 7 nitrogen and oxygen atoms in total. The number of amides is 1. The lowest BCUT2D eigenvalue weighted by atomic mass is 10.0. The molecule has 0 fully saturated rings. The number of benzene rings is 2. The predicted molar refractivity (Wildman–Crippen MR) is 120 cm³/mol. The van der Waals surface area contributed by atoms with Gasteiger partial charge in [0.15, 0.2) is 9.84 Å². The van der Waals surface area contributed by atoms with Crippen LogP contribution in [0.1, 0.15) is 29.4 Å². The maximum atomic E-state index is 12.7. The third-order valence-electron chi connectivity index (χ3n) is 4.99. The number of para-hydroxylation sites is 1. The normalized spacial score (nSPS) is 12.3. The zero-order valence-electron chi connectivity index (χ0n) is 17.7. The highest BCUT2D eigenvalue weighted by molar-refractivity contribution is 7.92. The monoisotopic (exact) mass is 441 g/mol. The Bertz CT molecular complexity index is 1110. The number of carbonyl (C=O) groups is 1. The first-order valence-corrected chi connectivity index (χ1v) is 11.9. The summed E-state index contributed by atoms with van der Waals surface area (Å²) < 4.78 is 32.3. The summed E-state index contributed by atoms with van der Waals surface area (Å²) in [4.78, 5) is 17.1. The van der Waals surface area contributed by atoms with Crippen LogP contribution in [0.4, 0.5) is 0 Å². The first-order valence-electron chi connectivity index (χ1n) is 10.0. The van der Waals surface area contributed by atoms with Crippen molar-refractivity contribution in [3.05, 3.63) is 83.9 Å². The quantitative estimate of drug-likeness (QED) is 0.522. The Labute approximate surface area is 183 Å². The number of sulfone groups is 1. The summed E-state index contributed by atoms with van der Waals surface area (Å²) in [6.45, 7) is 0. The van der Waals surface area contributed by atoms with Gasteiger partial charge in [-0.1, -0.05) is 48.5 Å². The molecule has 0 bridgehead atoms. The molecule has 0 saturated carbocycles. The van der Waals surface area contributed by atoms with Crippen LogP contribution in [0, 0.1) is 0 Å². The summed E-state index contributed by atoms with van der Waals surface area (Å²) in [7, 11) is -0.178. The zero-order chi connectivity index (χ0) is 22.3. The van der Waals surface area contributed by atoms with E-state index in [-0.39, 0.29) is 5.75 Å². The summed E-state index contributed by atoms with van der Waals surface area (Å²) in [6.07, 6.45) is 4.52. The molecule has 3 rings (SSSR count). The minimum Gasteiger partial charge on any atom is -0.496 e. The maximum absolute atomic E-state index is 12.7. The molecule has 1 N–H and O–H groups in total. The van der Waals surface area contributed by atoms with Crippen LogP contribution in [-0.4, -0.2) is 42.5 Å². The summed E-state index contributed by atoms with van der Waals surface area (Å²) in [5.41, 5.74) is 1.78. The Morgan fingerprint density at radius 2 is 1.84 bits per heavy atom. The highest BCUT2D eigenvalue weighted by Gasteiger charge is 2.26. The molecule has 0 aliphatic heterocycles. The Hall–Kier alpha value is -3.13. The van der Waals surface area contributed by atoms with E-state index in [4.69, 9.17) is 4.74 Å². The molecule has 1 unspecified atom stereocenters. The molecule has 0 aliphatic rings. The first-order chi connectivity index (χ1) is 14.9. The predicted octanol–water partition coefficient (Wildman–Crippen LogP) is 2.68. The second-order valence-electron chi connectivity index (χ2n) is 7.32. The van der Waals surface area contributed by atoms with Crippen LogP contribution < -0.4 is 10.1 Å². The SMILES string of the molecule is COc1ccccc1C(NC(=O)CS(=O)(=O)CCCc1ccccc1)c1nccn1C. The molecule has 0 saturated heterocycles. The van der Waals surface area contributed by atoms with Gasteiger partial charge < -0.3 is 14.6 Å². The van der Waals surface area contributed by atoms with Crippen molar-refractivity contribution in [3.8, 4) is 5.75 Å². The molecule has 1 heterocycles. The number of hydrogen-bond donors (Lipinski definition) is 1. The van der Waals surface area contributed by atoms with Gasteiger partial charge in [-0.2, -0.15) is 0 Å². The molecule has 1 atom stereocenters. The fraction of sp³-hybridized carbons (Fsp3) is 0.304. The summed E-state index contributed by atoms with van der Waals surface area (Å²) in [5.74, 6) is -0.0194. The molecule has 0 spiro atoms. The lowest BCUT2D eigenvalue weighted by molar-refractivity contribution is -0.119. The topological polar surface area (TPSA) is 90.3 Å². The molecule has 1 aromatic heterocycles. The molecule has 31 heavy (non-hydrogen) atoms. The number of methoxy groups -OCH3 is 1. The van der Waals surface area contributed by atoms with Gasteiger partial charge in [0.25, 0.3) is 0 Å². The summed E-state index contributed by atoms with van der Waals surface area (Å²) >= 11 is 0. The van der Waals surface area contributed by atoms with Crippen LogP contribution in [-0.2, 0) is 28.1 Å². The standard InChI is InChI=1S/C23H27N3O4S/c1-26-15-14-24-23(26)22(19-12-6-7-13-20(19)30-2)25-21(27)17-31(28,29)16-8-11-18-9-4-3-5-10-18/h3-7,9-10,12-15,22H,8,11,16-17H2,1-2H3,(H,25,27). The molecule has 1 amide bonds. The molecular formula is C23H27N3O4S. The molecule has 164 valence electrons. The smallest absolute Gasteiger partial charge is 0.236 e. The lowest BCUT2D eigenvalue weighted by Gasteiger charge is -2.21. The number of ether oxygens (including phenoxy) is 1. The van der Waals surface area contributed by atoms with Gasteiger partial charge in [0.2, 0.25) is 5.91 Å². The Balaban J connectivity index is 1.69. The number of hydrogen-bond acceptors (Lipinski definition) is 5. The van der Waals surface area contributed by atoms with Crippen LogP contribution in [0.5, 0.6) is 5.75 Å². The number of carbonyl (C=O) groups excluding carboxylic acids is 1. The van der Waals surface area contributed by atoms with Gasteiger partial charge in [-0.05, 0) is 24.5 Å². The van der Waals surface area contributed by atoms with Gasteiger partial charge in [0.05, 0.1) is 12.9 Å². The summed E-state index contributed by atoms with van der Waals surface area (Å²) in [6, 6.07) is 16.3. The Kier molecular flexibility index (Phi) is 7.46. The highest BCUT2D eigenvalue weighted by Crippen LogP contribution is 2.29. The van der Waals surface area contributed by atoms with E-state index in [1.165, 1.54) is 0 Å². The van der Waals surface area contributed by atoms with Crippen molar-refractivity contribution >= 4 is 15.7 Å². The van der Waals surface area contributed by atoms with Gasteiger partial charge in [-0.25, -0.2) is 13.4 Å². The van der Waals surface area contributed by atoms with Crippen LogP contribution in [0.2, 0.25) is 0 Å². The second kappa shape index (κ2) is 10.3. The van der Waals surface area contributed by atoms with Gasteiger partial charge in [0, 0.05) is 25.0 Å². The van der Waals surface area contributed by atoms with Crippen molar-refractivity contribution in [2.24, 2.45) is 7.05 Å². The van der Waals surface area contributed by atoms with Crippen LogP contribution >= 0.6 is 0 Å². The molecular weight excluding hydrogens is 414 g/mol. The average Bonchev–Trinajstić information content (AvgIpc) is 3.18. The molecule has 0 radical (unpaired) electrons. The molecule has 0 aliphatic carbocycles. The van der Waals surface area contributed by atoms with E-state index < -0.39 is 27.5 Å². The van der Waals surface area contributed by atoms with Crippen molar-refractivity contribution in [2.45, 2.75) is 18.9 Å². The van der Waals surface area contributed by atoms with Gasteiger partial charge in [0.1, 0.15) is 23.4 Å². The van der Waals surface area contributed by atoms with Crippen LogP contribution in [0.15, 0.2) is 67.0 Å². The van der Waals surface area contributed by atoms with E-state index in [1.807, 2.05) is 55.6 Å². The maximum Gasteiger partial charge on any atom is 0.236 e. The summed E-state index contributed by atoms with van der Waals surface area (Å²) in [5, 5.41) is 2.83. The van der Waals surface area contributed by atoms with Crippen molar-refractivity contribution in [2.75, 3.05) is 18.6 Å². The minimum absolute atomic E-state index is 0.0446. The fourth-order valence-electron chi connectivity index (χ4n) is 3.46. The molecule has 2 aromatic carbocycles. The third-order valence-corrected chi connectivity index (χ3v) is 6.60.